The summed E-state index contributed by atoms with van der Waals surface area (Å²) < 4.78 is 13.9. The van der Waals surface area contributed by atoms with Crippen LogP contribution in [0.2, 0.25) is 0 Å². The fourth-order valence-electron chi connectivity index (χ4n) is 2.74. The molecule has 0 unspecified atom stereocenters. The number of Topliss-reactive ketones (excluding diaryl/α,β-unsaturated/α-hetero) is 1. The van der Waals surface area contributed by atoms with E-state index in [1.165, 1.54) is 12.1 Å². The third-order valence-corrected chi connectivity index (χ3v) is 4.83. The minimum atomic E-state index is -0.284. The molecular weight excluding hydrogens is 385 g/mol. The molecule has 25 heavy (non-hydrogen) atoms. The maximum Gasteiger partial charge on any atom is 0.223 e. The van der Waals surface area contributed by atoms with Gasteiger partial charge in [0.1, 0.15) is 5.82 Å². The van der Waals surface area contributed by atoms with Crippen LogP contribution >= 0.6 is 15.9 Å². The molecule has 3 nitrogen and oxygen atoms in total. The molecule has 0 spiro atoms. The van der Waals surface area contributed by atoms with E-state index in [9.17, 15) is 14.0 Å². The minimum absolute atomic E-state index is 0.0164. The summed E-state index contributed by atoms with van der Waals surface area (Å²) in [6.07, 6.45) is 2.39. The van der Waals surface area contributed by atoms with Gasteiger partial charge in [-0.3, -0.25) is 9.59 Å². The Kier molecular flexibility index (Phi) is 5.63. The summed E-state index contributed by atoms with van der Waals surface area (Å²) in [7, 11) is 0. The summed E-state index contributed by atoms with van der Waals surface area (Å²) in [5.74, 6) is -0.330. The quantitative estimate of drug-likeness (QED) is 0.625. The first-order valence-electron chi connectivity index (χ1n) is 8.35. The highest BCUT2D eigenvalue weighted by molar-refractivity contribution is 9.10. The van der Waals surface area contributed by atoms with Gasteiger partial charge in [0.05, 0.1) is 0 Å². The van der Waals surface area contributed by atoms with Crippen LogP contribution in [-0.2, 0) is 11.3 Å². The summed E-state index contributed by atoms with van der Waals surface area (Å²) >= 11 is 3.34. The van der Waals surface area contributed by atoms with Gasteiger partial charge in [0.25, 0.3) is 0 Å². The van der Waals surface area contributed by atoms with Crippen molar-refractivity contribution in [2.75, 3.05) is 0 Å². The lowest BCUT2D eigenvalue weighted by molar-refractivity contribution is -0.132. The van der Waals surface area contributed by atoms with E-state index in [4.69, 9.17) is 0 Å². The van der Waals surface area contributed by atoms with Crippen LogP contribution in [0.25, 0.3) is 0 Å². The number of nitrogens with zero attached hydrogens (tertiary/aromatic N) is 1. The number of halogens is 2. The summed E-state index contributed by atoms with van der Waals surface area (Å²) in [5.41, 5.74) is 1.52. The van der Waals surface area contributed by atoms with Crippen molar-refractivity contribution in [1.29, 1.82) is 0 Å². The molecule has 0 saturated heterocycles. The van der Waals surface area contributed by atoms with Gasteiger partial charge in [-0.05, 0) is 42.7 Å². The standard InChI is InChI=1S/C20H19BrFNO2/c21-16-5-3-15(4-6-16)19(24)11-12-20(25)23(18-9-10-18)13-14-1-7-17(22)8-2-14/h1-8,18H,9-13H2. The van der Waals surface area contributed by atoms with E-state index in [0.29, 0.717) is 12.1 Å². The van der Waals surface area contributed by atoms with Crippen LogP contribution in [0.5, 0.6) is 0 Å². The topological polar surface area (TPSA) is 37.4 Å². The monoisotopic (exact) mass is 403 g/mol. The van der Waals surface area contributed by atoms with Crippen LogP contribution in [0.3, 0.4) is 0 Å². The largest absolute Gasteiger partial charge is 0.335 e. The van der Waals surface area contributed by atoms with Gasteiger partial charge in [0.2, 0.25) is 5.91 Å². The molecule has 5 heteroatoms. The van der Waals surface area contributed by atoms with E-state index in [0.717, 1.165) is 22.9 Å². The fraction of sp³-hybridized carbons (Fsp3) is 0.300. The Labute approximate surface area is 155 Å². The lowest BCUT2D eigenvalue weighted by atomic mass is 10.1. The summed E-state index contributed by atoms with van der Waals surface area (Å²) in [6, 6.07) is 13.6. The number of hydrogen-bond acceptors (Lipinski definition) is 2. The second-order valence-corrected chi connectivity index (χ2v) is 7.23. The normalized spacial score (nSPS) is 13.5. The zero-order chi connectivity index (χ0) is 17.8. The molecule has 1 fully saturated rings. The molecule has 0 N–H and O–H groups in total. The van der Waals surface area contributed by atoms with Crippen molar-refractivity contribution >= 4 is 27.6 Å². The number of hydrogen-bond donors (Lipinski definition) is 0. The highest BCUT2D eigenvalue weighted by atomic mass is 79.9. The Morgan fingerprint density at radius 2 is 1.64 bits per heavy atom. The molecule has 1 saturated carbocycles. The van der Waals surface area contributed by atoms with E-state index >= 15 is 0 Å². The molecule has 2 aromatic carbocycles. The van der Waals surface area contributed by atoms with E-state index in [2.05, 4.69) is 15.9 Å². The first-order chi connectivity index (χ1) is 12.0. The maximum absolute atomic E-state index is 13.0. The van der Waals surface area contributed by atoms with Gasteiger partial charge < -0.3 is 4.90 Å². The summed E-state index contributed by atoms with van der Waals surface area (Å²) in [5, 5.41) is 0. The zero-order valence-electron chi connectivity index (χ0n) is 13.8. The van der Waals surface area contributed by atoms with Crippen LogP contribution in [0.4, 0.5) is 4.39 Å². The maximum atomic E-state index is 13.0. The minimum Gasteiger partial charge on any atom is -0.335 e. The van der Waals surface area contributed by atoms with Crippen LogP contribution < -0.4 is 0 Å². The molecule has 0 heterocycles. The van der Waals surface area contributed by atoms with E-state index in [1.807, 2.05) is 17.0 Å². The van der Waals surface area contributed by atoms with Crippen LogP contribution in [-0.4, -0.2) is 22.6 Å². The van der Waals surface area contributed by atoms with Gasteiger partial charge in [-0.1, -0.05) is 40.2 Å². The van der Waals surface area contributed by atoms with Crippen LogP contribution in [0.15, 0.2) is 53.0 Å². The van der Waals surface area contributed by atoms with Gasteiger partial charge in [-0.15, -0.1) is 0 Å². The second kappa shape index (κ2) is 7.91. The molecular formula is C20H19BrFNO2. The summed E-state index contributed by atoms with van der Waals surface area (Å²) in [4.78, 5) is 26.6. The average molecular weight is 404 g/mol. The van der Waals surface area contributed by atoms with E-state index in [1.54, 1.807) is 24.3 Å². The van der Waals surface area contributed by atoms with Gasteiger partial charge >= 0.3 is 0 Å². The lowest BCUT2D eigenvalue weighted by Gasteiger charge is -2.22. The molecule has 0 radical (unpaired) electrons. The molecule has 2 aromatic rings. The van der Waals surface area contributed by atoms with Crippen molar-refractivity contribution in [2.45, 2.75) is 38.3 Å². The Morgan fingerprint density at radius 1 is 1.00 bits per heavy atom. The Balaban J connectivity index is 1.58. The molecule has 130 valence electrons. The number of carbonyl (C=O) groups is 2. The van der Waals surface area contributed by atoms with Gasteiger partial charge in [0, 0.05) is 35.5 Å². The smallest absolute Gasteiger partial charge is 0.223 e. The Hall–Kier alpha value is -2.01. The van der Waals surface area contributed by atoms with Crippen molar-refractivity contribution < 1.29 is 14.0 Å². The fourth-order valence-corrected chi connectivity index (χ4v) is 3.00. The average Bonchev–Trinajstić information content (AvgIpc) is 3.44. The SMILES string of the molecule is O=C(CCC(=O)N(Cc1ccc(F)cc1)C1CC1)c1ccc(Br)cc1. The highest BCUT2D eigenvalue weighted by Gasteiger charge is 2.32. The molecule has 3 rings (SSSR count). The van der Waals surface area contributed by atoms with Crippen LogP contribution in [0.1, 0.15) is 41.6 Å². The van der Waals surface area contributed by atoms with Crippen molar-refractivity contribution in [1.82, 2.24) is 4.90 Å². The highest BCUT2D eigenvalue weighted by Crippen LogP contribution is 2.29. The lowest BCUT2D eigenvalue weighted by Crippen LogP contribution is -2.32. The molecule has 1 amide bonds. The van der Waals surface area contributed by atoms with Crippen molar-refractivity contribution in [2.24, 2.45) is 0 Å². The predicted octanol–water partition coefficient (Wildman–Crippen LogP) is 4.74. The third kappa shape index (κ3) is 4.98. The Bertz CT molecular complexity index is 754. The third-order valence-electron chi connectivity index (χ3n) is 4.31. The first kappa shape index (κ1) is 17.8. The van der Waals surface area contributed by atoms with Crippen LogP contribution in [0, 0.1) is 5.82 Å². The first-order valence-corrected chi connectivity index (χ1v) is 9.15. The molecule has 0 aliphatic heterocycles. The Morgan fingerprint density at radius 3 is 2.24 bits per heavy atom. The zero-order valence-corrected chi connectivity index (χ0v) is 15.3. The number of amides is 1. The molecule has 1 aliphatic carbocycles. The number of ketones is 1. The number of benzene rings is 2. The van der Waals surface area contributed by atoms with Crippen molar-refractivity contribution in [3.8, 4) is 0 Å². The number of rotatable bonds is 7. The molecule has 0 atom stereocenters. The van der Waals surface area contributed by atoms with E-state index < -0.39 is 0 Å². The van der Waals surface area contributed by atoms with Crippen molar-refractivity contribution in [3.05, 3.63) is 69.9 Å². The second-order valence-electron chi connectivity index (χ2n) is 6.31. The molecule has 0 aromatic heterocycles. The van der Waals surface area contributed by atoms with Gasteiger partial charge in [-0.25, -0.2) is 4.39 Å². The molecule has 0 bridgehead atoms. The van der Waals surface area contributed by atoms with Gasteiger partial charge in [0.15, 0.2) is 5.78 Å². The molecule has 1 aliphatic rings. The van der Waals surface area contributed by atoms with Crippen molar-refractivity contribution in [3.63, 3.8) is 0 Å². The van der Waals surface area contributed by atoms with E-state index in [-0.39, 0.29) is 36.4 Å². The number of carbonyl (C=O) groups excluding carboxylic acids is 2. The summed E-state index contributed by atoms with van der Waals surface area (Å²) in [6.45, 7) is 0.469. The predicted molar refractivity (Wildman–Crippen MR) is 97.7 cm³/mol. The van der Waals surface area contributed by atoms with Gasteiger partial charge in [-0.2, -0.15) is 0 Å².